The Balaban J connectivity index is 3.37. The van der Waals surface area contributed by atoms with Gasteiger partial charge in [-0.3, -0.25) is 9.59 Å². The third kappa shape index (κ3) is 75.0. The Morgan fingerprint density at radius 2 is 0.562 bits per heavy atom. The van der Waals surface area contributed by atoms with Gasteiger partial charge in [-0.05, 0) is 83.5 Å². The van der Waals surface area contributed by atoms with Crippen molar-refractivity contribution in [3.05, 3.63) is 36.5 Å². The van der Waals surface area contributed by atoms with E-state index >= 15 is 0 Å². The average Bonchev–Trinajstić information content (AvgIpc) is 3.60. The van der Waals surface area contributed by atoms with Gasteiger partial charge in [0, 0.05) is 12.8 Å². The molecule has 2 atom stereocenters. The molecular weight excluding hydrogens is 1090 g/mol. The summed E-state index contributed by atoms with van der Waals surface area (Å²) in [5.74, 6) is -0.0173. The van der Waals surface area contributed by atoms with Crippen molar-refractivity contribution in [2.24, 2.45) is 0 Å². The Labute approximate surface area is 557 Å². The molecule has 0 aromatic heterocycles. The number of esters is 1. The molecule has 0 aliphatic carbocycles. The first-order valence-electron chi connectivity index (χ1n) is 40.7. The molecule has 89 heavy (non-hydrogen) atoms. The van der Waals surface area contributed by atoms with Crippen LogP contribution in [-0.4, -0.2) is 47.4 Å². The highest BCUT2D eigenvalue weighted by Crippen LogP contribution is 2.20. The SMILES string of the molecule is CCCCCC/C=C\C/C=C\CCCCCCCCCC(=O)OCCCCCCCCCCCCCC/C=C\CCCCCCCCCCCCCCCCC(=O)NC(CO)C(O)CCCCCCCCCCCCCCCCCCCCCCCCCC. The lowest BCUT2D eigenvalue weighted by Gasteiger charge is -2.22. The minimum Gasteiger partial charge on any atom is -0.466 e. The van der Waals surface area contributed by atoms with Crippen molar-refractivity contribution in [1.29, 1.82) is 0 Å². The van der Waals surface area contributed by atoms with Gasteiger partial charge in [0.1, 0.15) is 0 Å². The van der Waals surface area contributed by atoms with Gasteiger partial charge in [-0.1, -0.05) is 397 Å². The zero-order valence-electron chi connectivity index (χ0n) is 60.4. The molecule has 6 nitrogen and oxygen atoms in total. The lowest BCUT2D eigenvalue weighted by molar-refractivity contribution is -0.143. The Bertz CT molecular complexity index is 1440. The largest absolute Gasteiger partial charge is 0.466 e. The number of nitrogens with one attached hydrogen (secondary N) is 1. The minimum atomic E-state index is -0.665. The molecule has 0 heterocycles. The second-order valence-electron chi connectivity index (χ2n) is 28.1. The van der Waals surface area contributed by atoms with E-state index in [1.165, 1.54) is 372 Å². The maximum absolute atomic E-state index is 12.6. The van der Waals surface area contributed by atoms with Gasteiger partial charge in [0.2, 0.25) is 5.91 Å². The molecule has 0 aromatic rings. The topological polar surface area (TPSA) is 95.9 Å². The van der Waals surface area contributed by atoms with Crippen molar-refractivity contribution in [1.82, 2.24) is 5.32 Å². The van der Waals surface area contributed by atoms with Crippen LogP contribution < -0.4 is 5.32 Å². The molecule has 0 aliphatic heterocycles. The fraction of sp³-hybridized carbons (Fsp3) is 0.904. The van der Waals surface area contributed by atoms with Crippen molar-refractivity contribution in [2.45, 2.75) is 469 Å². The second-order valence-corrected chi connectivity index (χ2v) is 28.1. The number of hydrogen-bond acceptors (Lipinski definition) is 5. The van der Waals surface area contributed by atoms with Gasteiger partial charge in [-0.25, -0.2) is 0 Å². The summed E-state index contributed by atoms with van der Waals surface area (Å²) in [5, 5.41) is 23.5. The molecule has 1 amide bonds. The first-order valence-corrected chi connectivity index (χ1v) is 40.7. The molecule has 0 saturated heterocycles. The molecule has 0 aliphatic rings. The Hall–Kier alpha value is -1.92. The number of amides is 1. The number of unbranched alkanes of at least 4 members (excludes halogenated alkanes) is 60. The standard InChI is InChI=1S/C83H159NO5/c1-3-5-7-9-11-13-15-17-19-21-23-24-25-34-37-40-43-47-51-55-59-63-67-71-75-81(86)80(79-85)84-82(87)76-72-68-64-60-56-52-48-44-41-38-35-32-30-28-26-27-29-31-33-36-39-42-46-50-54-58-62-66-70-74-78-89-83(88)77-73-69-65-61-57-53-49-45-22-20-18-16-14-12-10-8-6-4-2/h14,16,20,22,27,29,80-81,85-86H,3-13,15,17-19,21,23-26,28,30-79H2,1-2H3,(H,84,87)/b16-14-,22-20-,29-27-. The molecule has 0 bridgehead atoms. The number of allylic oxidation sites excluding steroid dienone is 6. The number of carbonyl (C=O) groups excluding carboxylic acids is 2. The summed E-state index contributed by atoms with van der Waals surface area (Å²) in [4.78, 5) is 24.7. The molecule has 6 heteroatoms. The number of carbonyl (C=O) groups is 2. The third-order valence-electron chi connectivity index (χ3n) is 19.2. The van der Waals surface area contributed by atoms with Crippen LogP contribution in [0.2, 0.25) is 0 Å². The van der Waals surface area contributed by atoms with E-state index in [0.717, 1.165) is 51.4 Å². The molecule has 0 saturated carbocycles. The summed E-state index contributed by atoms with van der Waals surface area (Å²) in [7, 11) is 0. The van der Waals surface area contributed by atoms with E-state index in [1.807, 2.05) is 0 Å². The van der Waals surface area contributed by atoms with Gasteiger partial charge in [-0.2, -0.15) is 0 Å². The van der Waals surface area contributed by atoms with Crippen LogP contribution in [0.5, 0.6) is 0 Å². The van der Waals surface area contributed by atoms with Crippen molar-refractivity contribution in [3.8, 4) is 0 Å². The maximum atomic E-state index is 12.6. The van der Waals surface area contributed by atoms with Crippen molar-refractivity contribution in [2.75, 3.05) is 13.2 Å². The summed E-state index contributed by atoms with van der Waals surface area (Å²) in [6.45, 7) is 4.98. The molecule has 526 valence electrons. The van der Waals surface area contributed by atoms with Gasteiger partial charge < -0.3 is 20.3 Å². The fourth-order valence-electron chi connectivity index (χ4n) is 13.0. The Morgan fingerprint density at radius 1 is 0.315 bits per heavy atom. The number of aliphatic hydroxyl groups excluding tert-OH is 2. The summed E-state index contributed by atoms with van der Waals surface area (Å²) in [5.41, 5.74) is 0. The van der Waals surface area contributed by atoms with Crippen LogP contribution in [0.4, 0.5) is 0 Å². The van der Waals surface area contributed by atoms with E-state index in [0.29, 0.717) is 25.9 Å². The second kappa shape index (κ2) is 78.5. The summed E-state index contributed by atoms with van der Waals surface area (Å²) >= 11 is 0. The third-order valence-corrected chi connectivity index (χ3v) is 19.2. The molecule has 0 aromatic carbocycles. The van der Waals surface area contributed by atoms with Gasteiger partial charge in [0.05, 0.1) is 25.4 Å². The smallest absolute Gasteiger partial charge is 0.305 e. The molecule has 2 unspecified atom stereocenters. The zero-order chi connectivity index (χ0) is 64.2. The molecule has 0 radical (unpaired) electrons. The summed E-state index contributed by atoms with van der Waals surface area (Å²) < 4.78 is 5.51. The highest BCUT2D eigenvalue weighted by Gasteiger charge is 2.20. The van der Waals surface area contributed by atoms with Crippen LogP contribution in [0, 0.1) is 0 Å². The minimum absolute atomic E-state index is 0.0107. The van der Waals surface area contributed by atoms with E-state index in [1.54, 1.807) is 0 Å². The number of rotatable bonds is 77. The number of ether oxygens (including phenoxy) is 1. The van der Waals surface area contributed by atoms with E-state index < -0.39 is 12.1 Å². The molecule has 0 fully saturated rings. The molecular formula is C83H159NO5. The van der Waals surface area contributed by atoms with Crippen LogP contribution in [0.15, 0.2) is 36.5 Å². The van der Waals surface area contributed by atoms with Crippen molar-refractivity contribution >= 4 is 11.9 Å². The van der Waals surface area contributed by atoms with Crippen molar-refractivity contribution < 1.29 is 24.5 Å². The Morgan fingerprint density at radius 3 is 0.876 bits per heavy atom. The van der Waals surface area contributed by atoms with E-state index in [2.05, 4.69) is 55.6 Å². The highest BCUT2D eigenvalue weighted by molar-refractivity contribution is 5.76. The number of aliphatic hydroxyl groups is 2. The molecule has 0 spiro atoms. The van der Waals surface area contributed by atoms with E-state index in [-0.39, 0.29) is 18.5 Å². The quantitative estimate of drug-likeness (QED) is 0.0320. The fourth-order valence-corrected chi connectivity index (χ4v) is 13.0. The lowest BCUT2D eigenvalue weighted by atomic mass is 10.0. The lowest BCUT2D eigenvalue weighted by Crippen LogP contribution is -2.45. The van der Waals surface area contributed by atoms with Crippen LogP contribution in [-0.2, 0) is 14.3 Å². The normalized spacial score (nSPS) is 12.6. The van der Waals surface area contributed by atoms with Gasteiger partial charge >= 0.3 is 5.97 Å². The highest BCUT2D eigenvalue weighted by atomic mass is 16.5. The maximum Gasteiger partial charge on any atom is 0.305 e. The molecule has 0 rings (SSSR count). The number of hydrogen-bond donors (Lipinski definition) is 3. The van der Waals surface area contributed by atoms with Crippen molar-refractivity contribution in [3.63, 3.8) is 0 Å². The van der Waals surface area contributed by atoms with Crippen LogP contribution in [0.1, 0.15) is 457 Å². The average molecular weight is 1250 g/mol. The van der Waals surface area contributed by atoms with Crippen LogP contribution >= 0.6 is 0 Å². The first-order chi connectivity index (χ1) is 44.0. The predicted molar refractivity (Wildman–Crippen MR) is 393 cm³/mol. The summed E-state index contributed by atoms with van der Waals surface area (Å²) in [6, 6.07) is -0.542. The monoisotopic (exact) mass is 1250 g/mol. The zero-order valence-corrected chi connectivity index (χ0v) is 60.4. The predicted octanol–water partition coefficient (Wildman–Crippen LogP) is 27.0. The summed E-state index contributed by atoms with van der Waals surface area (Å²) in [6.07, 6.45) is 102. The van der Waals surface area contributed by atoms with Gasteiger partial charge in [0.25, 0.3) is 0 Å². The van der Waals surface area contributed by atoms with Crippen LogP contribution in [0.25, 0.3) is 0 Å². The van der Waals surface area contributed by atoms with Gasteiger partial charge in [0.15, 0.2) is 0 Å². The van der Waals surface area contributed by atoms with E-state index in [4.69, 9.17) is 4.74 Å². The van der Waals surface area contributed by atoms with E-state index in [9.17, 15) is 19.8 Å². The Kier molecular flexibility index (Phi) is 76.8. The van der Waals surface area contributed by atoms with Crippen LogP contribution in [0.3, 0.4) is 0 Å². The first kappa shape index (κ1) is 87.1. The van der Waals surface area contributed by atoms with Gasteiger partial charge in [-0.15, -0.1) is 0 Å². The molecule has 3 N–H and O–H groups in total.